The summed E-state index contributed by atoms with van der Waals surface area (Å²) >= 11 is 11.6. The fourth-order valence-corrected chi connectivity index (χ4v) is 4.56. The summed E-state index contributed by atoms with van der Waals surface area (Å²) in [6.45, 7) is 0. The van der Waals surface area contributed by atoms with Crippen LogP contribution < -0.4 is 0 Å². The first-order valence-corrected chi connectivity index (χ1v) is 10.4. The van der Waals surface area contributed by atoms with E-state index in [4.69, 9.17) is 23.2 Å². The van der Waals surface area contributed by atoms with Gasteiger partial charge in [0.15, 0.2) is 0 Å². The first-order chi connectivity index (χ1) is 13.2. The molecule has 0 saturated carbocycles. The summed E-state index contributed by atoms with van der Waals surface area (Å²) < 4.78 is 115. The van der Waals surface area contributed by atoms with Gasteiger partial charge in [-0.2, -0.15) is 26.3 Å². The fraction of sp³-hybridized carbons (Fsp3) is 0.250. The number of benzene rings is 2. The monoisotopic (exact) mass is 502 g/mol. The Morgan fingerprint density at radius 1 is 0.828 bits per heavy atom. The molecule has 0 radical (unpaired) electrons. The van der Waals surface area contributed by atoms with Crippen LogP contribution in [0.3, 0.4) is 0 Å². The minimum Gasteiger partial charge on any atom is -0.254 e. The van der Waals surface area contributed by atoms with E-state index >= 15 is 0 Å². The van der Waals surface area contributed by atoms with Crippen molar-refractivity contribution in [1.29, 1.82) is 0 Å². The highest BCUT2D eigenvalue weighted by Gasteiger charge is 2.32. The van der Waals surface area contributed by atoms with Gasteiger partial charge >= 0.3 is 12.4 Å². The zero-order valence-corrected chi connectivity index (χ0v) is 16.9. The van der Waals surface area contributed by atoms with Crippen molar-refractivity contribution in [2.45, 2.75) is 22.1 Å². The largest absolute Gasteiger partial charge is 0.400 e. The normalized spacial score (nSPS) is 13.6. The standard InChI is InChI=1S/C16H8Cl2F8OS2/c17-9-3-11(19)7(1-13(9)28-5-15(21,22)23)8-2-14(10(18)4-12(8)20)29(27)6-16(24,25)26/h1-4H,5-6H2/t29-/m1/s1. The molecule has 1 atom stereocenters. The summed E-state index contributed by atoms with van der Waals surface area (Å²) in [6, 6.07) is 2.70. The number of rotatable bonds is 5. The lowest BCUT2D eigenvalue weighted by molar-refractivity contribution is -0.106. The van der Waals surface area contributed by atoms with Gasteiger partial charge in [0.2, 0.25) is 0 Å². The van der Waals surface area contributed by atoms with Gasteiger partial charge in [-0.05, 0) is 24.3 Å². The second-order valence-corrected chi connectivity index (χ2v) is 8.78. The molecule has 0 saturated heterocycles. The van der Waals surface area contributed by atoms with Crippen molar-refractivity contribution in [3.8, 4) is 11.1 Å². The minimum absolute atomic E-state index is 0.218. The van der Waals surface area contributed by atoms with Gasteiger partial charge in [-0.3, -0.25) is 4.21 Å². The van der Waals surface area contributed by atoms with E-state index in [9.17, 15) is 39.3 Å². The molecule has 0 amide bonds. The van der Waals surface area contributed by atoms with Gasteiger partial charge in [-0.1, -0.05) is 23.2 Å². The number of hydrogen-bond donors (Lipinski definition) is 0. The average Bonchev–Trinajstić information content (AvgIpc) is 2.52. The highest BCUT2D eigenvalue weighted by molar-refractivity contribution is 7.99. The predicted molar refractivity (Wildman–Crippen MR) is 95.9 cm³/mol. The maximum atomic E-state index is 14.3. The molecule has 0 N–H and O–H groups in total. The van der Waals surface area contributed by atoms with Crippen molar-refractivity contribution in [1.82, 2.24) is 0 Å². The number of thioether (sulfide) groups is 1. The van der Waals surface area contributed by atoms with Crippen LogP contribution in [0.2, 0.25) is 10.0 Å². The molecular formula is C16H8Cl2F8OS2. The SMILES string of the molecule is O=[S@](CC(F)(F)F)c1cc(-c2cc(SCC(F)(F)F)c(Cl)cc2F)c(F)cc1Cl. The Balaban J connectivity index is 2.53. The molecule has 13 heteroatoms. The predicted octanol–water partition coefficient (Wildman–Crippen LogP) is 7.26. The molecular weight excluding hydrogens is 495 g/mol. The Kier molecular flexibility index (Phi) is 7.51. The third-order valence-electron chi connectivity index (χ3n) is 3.26. The van der Waals surface area contributed by atoms with Gasteiger partial charge in [-0.25, -0.2) is 8.78 Å². The van der Waals surface area contributed by atoms with Crippen molar-refractivity contribution in [3.63, 3.8) is 0 Å². The van der Waals surface area contributed by atoms with E-state index in [0.717, 1.165) is 6.07 Å². The summed E-state index contributed by atoms with van der Waals surface area (Å²) in [4.78, 5) is -0.827. The summed E-state index contributed by atoms with van der Waals surface area (Å²) in [5.74, 6) is -5.44. The van der Waals surface area contributed by atoms with Crippen LogP contribution in [0.5, 0.6) is 0 Å². The van der Waals surface area contributed by atoms with Gasteiger partial charge < -0.3 is 0 Å². The molecule has 29 heavy (non-hydrogen) atoms. The number of halogens is 10. The maximum Gasteiger partial charge on any atom is 0.400 e. The minimum atomic E-state index is -4.81. The molecule has 0 aromatic heterocycles. The maximum absolute atomic E-state index is 14.3. The Morgan fingerprint density at radius 3 is 1.86 bits per heavy atom. The molecule has 1 nitrogen and oxygen atoms in total. The third-order valence-corrected chi connectivity index (χ3v) is 6.65. The molecule has 0 bridgehead atoms. The first kappa shape index (κ1) is 24.2. The third kappa shape index (κ3) is 6.73. The molecule has 0 aliphatic heterocycles. The summed E-state index contributed by atoms with van der Waals surface area (Å²) in [5, 5.41) is -0.939. The molecule has 2 aromatic carbocycles. The average molecular weight is 503 g/mol. The van der Waals surface area contributed by atoms with E-state index in [1.807, 2.05) is 0 Å². The van der Waals surface area contributed by atoms with E-state index in [1.165, 1.54) is 0 Å². The van der Waals surface area contributed by atoms with Crippen molar-refractivity contribution in [3.05, 3.63) is 45.9 Å². The fourth-order valence-electron chi connectivity index (χ4n) is 2.14. The lowest BCUT2D eigenvalue weighted by Gasteiger charge is -2.14. The highest BCUT2D eigenvalue weighted by Crippen LogP contribution is 2.39. The van der Waals surface area contributed by atoms with Crippen LogP contribution in [0.1, 0.15) is 0 Å². The molecule has 0 aliphatic rings. The number of hydrogen-bond acceptors (Lipinski definition) is 2. The van der Waals surface area contributed by atoms with Gasteiger partial charge in [0.05, 0.1) is 31.5 Å². The second-order valence-electron chi connectivity index (χ2n) is 5.53. The van der Waals surface area contributed by atoms with Crippen molar-refractivity contribution in [2.24, 2.45) is 0 Å². The van der Waals surface area contributed by atoms with Gasteiger partial charge in [0.25, 0.3) is 0 Å². The van der Waals surface area contributed by atoms with E-state index in [2.05, 4.69) is 0 Å². The lowest BCUT2D eigenvalue weighted by Crippen LogP contribution is -2.18. The molecule has 160 valence electrons. The van der Waals surface area contributed by atoms with Gasteiger partial charge in [0, 0.05) is 16.0 Å². The Morgan fingerprint density at radius 2 is 1.34 bits per heavy atom. The van der Waals surface area contributed by atoms with Crippen molar-refractivity contribution >= 4 is 45.8 Å². The topological polar surface area (TPSA) is 17.1 Å². The van der Waals surface area contributed by atoms with Crippen LogP contribution in [0, 0.1) is 11.6 Å². The van der Waals surface area contributed by atoms with Gasteiger partial charge in [0.1, 0.15) is 17.4 Å². The molecule has 0 spiro atoms. The lowest BCUT2D eigenvalue weighted by atomic mass is 10.0. The Labute approximate surface area is 175 Å². The summed E-state index contributed by atoms with van der Waals surface area (Å²) in [5.41, 5.74) is -1.19. The zero-order valence-electron chi connectivity index (χ0n) is 13.7. The molecule has 0 aliphatic carbocycles. The summed E-state index contributed by atoms with van der Waals surface area (Å²) in [6.07, 6.45) is -9.37. The molecule has 0 heterocycles. The Hall–Kier alpha value is -1.04. The Bertz CT molecular complexity index is 944. The molecule has 2 rings (SSSR count). The van der Waals surface area contributed by atoms with Crippen LogP contribution in [0.15, 0.2) is 34.1 Å². The van der Waals surface area contributed by atoms with E-state index < -0.39 is 67.3 Å². The number of alkyl halides is 6. The second kappa shape index (κ2) is 8.99. The quantitative estimate of drug-likeness (QED) is 0.316. The zero-order chi connectivity index (χ0) is 22.1. The molecule has 0 fully saturated rings. The van der Waals surface area contributed by atoms with Gasteiger partial charge in [-0.15, -0.1) is 11.8 Å². The van der Waals surface area contributed by atoms with Crippen molar-refractivity contribution in [2.75, 3.05) is 11.5 Å². The molecule has 2 aromatic rings. The van der Waals surface area contributed by atoms with Crippen LogP contribution in [-0.2, 0) is 10.8 Å². The highest BCUT2D eigenvalue weighted by atomic mass is 35.5. The van der Waals surface area contributed by atoms with Crippen LogP contribution in [-0.4, -0.2) is 28.1 Å². The first-order valence-electron chi connectivity index (χ1n) is 7.31. The molecule has 0 unspecified atom stereocenters. The van der Waals surface area contributed by atoms with Crippen LogP contribution in [0.4, 0.5) is 35.1 Å². The van der Waals surface area contributed by atoms with E-state index in [0.29, 0.717) is 18.2 Å². The van der Waals surface area contributed by atoms with Crippen LogP contribution >= 0.6 is 35.0 Å². The van der Waals surface area contributed by atoms with Crippen LogP contribution in [0.25, 0.3) is 11.1 Å². The summed E-state index contributed by atoms with van der Waals surface area (Å²) in [7, 11) is -2.71. The van der Waals surface area contributed by atoms with Crippen molar-refractivity contribution < 1.29 is 39.3 Å². The smallest absolute Gasteiger partial charge is 0.254 e. The van der Waals surface area contributed by atoms with E-state index in [1.54, 1.807) is 0 Å². The van der Waals surface area contributed by atoms with E-state index in [-0.39, 0.29) is 21.7 Å².